The molecule has 1 aromatic carbocycles. The molecule has 0 aliphatic carbocycles. The average molecular weight is 469 g/mol. The number of aromatic nitrogens is 1. The Balaban J connectivity index is 0.00000312. The Morgan fingerprint density at radius 1 is 1.24 bits per heavy atom. The summed E-state index contributed by atoms with van der Waals surface area (Å²) >= 11 is 1.76. The first kappa shape index (κ1) is 21.4. The molecular weight excluding hydrogens is 445 g/mol. The Hall–Kier alpha value is -1.66. The fourth-order valence-corrected chi connectivity index (χ4v) is 3.06. The van der Waals surface area contributed by atoms with Crippen LogP contribution in [0.5, 0.6) is 0 Å². The van der Waals surface area contributed by atoms with Gasteiger partial charge in [0.15, 0.2) is 5.96 Å². The Morgan fingerprint density at radius 2 is 1.96 bits per heavy atom. The predicted molar refractivity (Wildman–Crippen MR) is 115 cm³/mol. The lowest BCUT2D eigenvalue weighted by molar-refractivity contribution is 0.795. The van der Waals surface area contributed by atoms with Crippen LogP contribution in [-0.4, -0.2) is 24.0 Å². The van der Waals surface area contributed by atoms with E-state index in [1.165, 1.54) is 4.88 Å². The van der Waals surface area contributed by atoms with Crippen LogP contribution in [0.1, 0.15) is 33.6 Å². The molecule has 0 aliphatic rings. The minimum absolute atomic E-state index is 0. The maximum Gasteiger partial charge on any atom is 0.191 e. The molecular formula is C18H24IN5S. The number of thiazole rings is 1. The van der Waals surface area contributed by atoms with E-state index in [-0.39, 0.29) is 24.0 Å². The summed E-state index contributed by atoms with van der Waals surface area (Å²) in [7, 11) is 0. The van der Waals surface area contributed by atoms with Crippen molar-refractivity contribution in [3.05, 3.63) is 51.0 Å². The summed E-state index contributed by atoms with van der Waals surface area (Å²) < 4.78 is 0. The predicted octanol–water partition coefficient (Wildman–Crippen LogP) is 3.55. The number of hydrogen-bond acceptors (Lipinski definition) is 4. The molecule has 1 aromatic heterocycles. The van der Waals surface area contributed by atoms with Gasteiger partial charge in [0.2, 0.25) is 0 Å². The van der Waals surface area contributed by atoms with Crippen LogP contribution in [-0.2, 0) is 13.0 Å². The SMILES string of the molecule is CCNC(=NCc1ccc(C#N)cc1)NCCc1nc(C)c(C)s1.I. The van der Waals surface area contributed by atoms with Crippen molar-refractivity contribution in [1.82, 2.24) is 15.6 Å². The smallest absolute Gasteiger partial charge is 0.191 e. The van der Waals surface area contributed by atoms with E-state index in [1.807, 2.05) is 38.1 Å². The standard InChI is InChI=1S/C18H23N5S.HI/c1-4-20-18(21-10-9-17-23-13(2)14(3)24-17)22-12-16-7-5-15(11-19)6-8-16;/h5-8H,4,9-10,12H2,1-3H3,(H2,20,21,22);1H. The highest BCUT2D eigenvalue weighted by molar-refractivity contribution is 14.0. The Labute approximate surface area is 170 Å². The Morgan fingerprint density at radius 3 is 2.52 bits per heavy atom. The second-order valence-corrected chi connectivity index (χ2v) is 6.72. The average Bonchev–Trinajstić information content (AvgIpc) is 2.91. The molecule has 0 bridgehead atoms. The van der Waals surface area contributed by atoms with Crippen LogP contribution in [0.25, 0.3) is 0 Å². The number of halogens is 1. The summed E-state index contributed by atoms with van der Waals surface area (Å²) in [6, 6.07) is 9.63. The molecule has 5 nitrogen and oxygen atoms in total. The van der Waals surface area contributed by atoms with Gasteiger partial charge in [0, 0.05) is 24.4 Å². The van der Waals surface area contributed by atoms with Gasteiger partial charge in [-0.15, -0.1) is 35.3 Å². The van der Waals surface area contributed by atoms with Crippen LogP contribution in [0.2, 0.25) is 0 Å². The molecule has 0 spiro atoms. The number of aryl methyl sites for hydroxylation is 2. The van der Waals surface area contributed by atoms with Crippen molar-refractivity contribution in [2.75, 3.05) is 13.1 Å². The van der Waals surface area contributed by atoms with Gasteiger partial charge in [-0.25, -0.2) is 9.98 Å². The zero-order chi connectivity index (χ0) is 17.4. The maximum atomic E-state index is 8.82. The quantitative estimate of drug-likeness (QED) is 0.386. The first-order valence-electron chi connectivity index (χ1n) is 8.06. The second kappa shape index (κ2) is 11.1. The molecule has 0 saturated carbocycles. The number of nitrogens with one attached hydrogen (secondary N) is 2. The zero-order valence-corrected chi connectivity index (χ0v) is 17.9. The van der Waals surface area contributed by atoms with E-state index in [4.69, 9.17) is 5.26 Å². The van der Waals surface area contributed by atoms with E-state index in [0.717, 1.165) is 41.7 Å². The zero-order valence-electron chi connectivity index (χ0n) is 14.8. The maximum absolute atomic E-state index is 8.82. The van der Waals surface area contributed by atoms with E-state index in [0.29, 0.717) is 12.1 Å². The molecule has 134 valence electrons. The Bertz CT molecular complexity index is 711. The van der Waals surface area contributed by atoms with Crippen LogP contribution < -0.4 is 10.6 Å². The van der Waals surface area contributed by atoms with Gasteiger partial charge in [0.25, 0.3) is 0 Å². The highest BCUT2D eigenvalue weighted by atomic mass is 127. The van der Waals surface area contributed by atoms with Gasteiger partial charge in [-0.1, -0.05) is 12.1 Å². The van der Waals surface area contributed by atoms with Gasteiger partial charge in [0.1, 0.15) is 0 Å². The van der Waals surface area contributed by atoms with Crippen molar-refractivity contribution in [2.24, 2.45) is 4.99 Å². The summed E-state index contributed by atoms with van der Waals surface area (Å²) in [5.74, 6) is 0.798. The van der Waals surface area contributed by atoms with Crippen molar-refractivity contribution < 1.29 is 0 Å². The topological polar surface area (TPSA) is 73.1 Å². The lowest BCUT2D eigenvalue weighted by atomic mass is 10.1. The largest absolute Gasteiger partial charge is 0.357 e. The number of hydrogen-bond donors (Lipinski definition) is 2. The van der Waals surface area contributed by atoms with Crippen LogP contribution in [0.15, 0.2) is 29.3 Å². The molecule has 2 rings (SSSR count). The van der Waals surface area contributed by atoms with Gasteiger partial charge in [-0.3, -0.25) is 0 Å². The number of benzene rings is 1. The molecule has 0 fully saturated rings. The summed E-state index contributed by atoms with van der Waals surface area (Å²) in [5, 5.41) is 16.6. The van der Waals surface area contributed by atoms with Gasteiger partial charge in [-0.2, -0.15) is 5.26 Å². The van der Waals surface area contributed by atoms with Crippen molar-refractivity contribution in [2.45, 2.75) is 33.7 Å². The highest BCUT2D eigenvalue weighted by Gasteiger charge is 2.04. The third kappa shape index (κ3) is 7.00. The summed E-state index contributed by atoms with van der Waals surface area (Å²) in [5.41, 5.74) is 2.87. The molecule has 0 saturated heterocycles. The molecule has 0 radical (unpaired) electrons. The minimum atomic E-state index is 0. The number of guanidine groups is 1. The minimum Gasteiger partial charge on any atom is -0.357 e. The Kier molecular flexibility index (Phi) is 9.45. The van der Waals surface area contributed by atoms with Crippen LogP contribution in [0.4, 0.5) is 0 Å². The number of rotatable bonds is 6. The van der Waals surface area contributed by atoms with Crippen LogP contribution in [0, 0.1) is 25.2 Å². The molecule has 2 N–H and O–H groups in total. The molecule has 0 aliphatic heterocycles. The van der Waals surface area contributed by atoms with Gasteiger partial charge >= 0.3 is 0 Å². The molecule has 0 unspecified atom stereocenters. The molecule has 7 heteroatoms. The van der Waals surface area contributed by atoms with Crippen LogP contribution in [0.3, 0.4) is 0 Å². The molecule has 25 heavy (non-hydrogen) atoms. The molecule has 2 aromatic rings. The molecule has 1 heterocycles. The van der Waals surface area contributed by atoms with E-state index in [9.17, 15) is 0 Å². The van der Waals surface area contributed by atoms with Crippen molar-refractivity contribution in [1.29, 1.82) is 5.26 Å². The first-order chi connectivity index (χ1) is 11.6. The van der Waals surface area contributed by atoms with Gasteiger partial charge in [-0.05, 0) is 38.5 Å². The number of aliphatic imine (C=N–C) groups is 1. The third-order valence-corrected chi connectivity index (χ3v) is 4.68. The summed E-state index contributed by atoms with van der Waals surface area (Å²) in [6.07, 6.45) is 0.890. The normalized spacial score (nSPS) is 10.7. The van der Waals surface area contributed by atoms with E-state index in [2.05, 4.69) is 33.6 Å². The fourth-order valence-electron chi connectivity index (χ4n) is 2.13. The molecule has 0 amide bonds. The van der Waals surface area contributed by atoms with Gasteiger partial charge in [0.05, 0.1) is 28.9 Å². The third-order valence-electron chi connectivity index (χ3n) is 3.55. The van der Waals surface area contributed by atoms with Crippen LogP contribution >= 0.6 is 35.3 Å². The van der Waals surface area contributed by atoms with E-state index in [1.54, 1.807) is 11.3 Å². The van der Waals surface area contributed by atoms with Crippen molar-refractivity contribution in [3.63, 3.8) is 0 Å². The lowest BCUT2D eigenvalue weighted by Gasteiger charge is -2.10. The number of nitrogens with zero attached hydrogens (tertiary/aromatic N) is 3. The highest BCUT2D eigenvalue weighted by Crippen LogP contribution is 2.16. The second-order valence-electron chi connectivity index (χ2n) is 5.43. The monoisotopic (exact) mass is 469 g/mol. The summed E-state index contributed by atoms with van der Waals surface area (Å²) in [6.45, 7) is 8.39. The van der Waals surface area contributed by atoms with E-state index < -0.39 is 0 Å². The lowest BCUT2D eigenvalue weighted by Crippen LogP contribution is -2.38. The fraction of sp³-hybridized carbons (Fsp3) is 0.389. The van der Waals surface area contributed by atoms with Gasteiger partial charge < -0.3 is 10.6 Å². The summed E-state index contributed by atoms with van der Waals surface area (Å²) in [4.78, 5) is 10.4. The van der Waals surface area contributed by atoms with Crippen molar-refractivity contribution in [3.8, 4) is 6.07 Å². The van der Waals surface area contributed by atoms with E-state index >= 15 is 0 Å². The van der Waals surface area contributed by atoms with Crippen molar-refractivity contribution >= 4 is 41.3 Å². The molecule has 0 atom stereocenters. The number of nitriles is 1. The first-order valence-corrected chi connectivity index (χ1v) is 8.88.